The van der Waals surface area contributed by atoms with Gasteiger partial charge in [-0.3, -0.25) is 0 Å². The molecule has 0 spiro atoms. The van der Waals surface area contributed by atoms with Crippen LogP contribution in [0.25, 0.3) is 0 Å². The number of benzene rings is 1. The Labute approximate surface area is 116 Å². The van der Waals surface area contributed by atoms with E-state index in [0.717, 1.165) is 18.6 Å². The van der Waals surface area contributed by atoms with Crippen LogP contribution in [0.1, 0.15) is 39.5 Å². The van der Waals surface area contributed by atoms with Crippen molar-refractivity contribution in [1.82, 2.24) is 0 Å². The van der Waals surface area contributed by atoms with Crippen LogP contribution in [-0.4, -0.2) is 25.2 Å². The Morgan fingerprint density at radius 2 is 1.79 bits per heavy atom. The van der Waals surface area contributed by atoms with Crippen LogP contribution in [0.4, 0.5) is 5.69 Å². The molecule has 1 aliphatic rings. The lowest BCUT2D eigenvalue weighted by atomic mass is 9.90. The highest BCUT2D eigenvalue weighted by Gasteiger charge is 2.23. The molecule has 1 aromatic rings. The normalized spacial score (nSPS) is 23.4. The van der Waals surface area contributed by atoms with Crippen LogP contribution in [0.2, 0.25) is 0 Å². The van der Waals surface area contributed by atoms with E-state index in [9.17, 15) is 0 Å². The van der Waals surface area contributed by atoms with Crippen molar-refractivity contribution in [3.63, 3.8) is 0 Å². The topological polar surface area (TPSA) is 38.5 Å². The molecule has 2 rings (SSSR count). The highest BCUT2D eigenvalue weighted by atomic mass is 16.5. The summed E-state index contributed by atoms with van der Waals surface area (Å²) in [7, 11) is 2.17. The predicted molar refractivity (Wildman–Crippen MR) is 80.8 cm³/mol. The van der Waals surface area contributed by atoms with Gasteiger partial charge in [0, 0.05) is 19.1 Å². The monoisotopic (exact) mass is 262 g/mol. The second-order valence-electron chi connectivity index (χ2n) is 5.81. The smallest absolute Gasteiger partial charge is 0.142 e. The van der Waals surface area contributed by atoms with Gasteiger partial charge < -0.3 is 15.4 Å². The number of hydrogen-bond acceptors (Lipinski definition) is 3. The van der Waals surface area contributed by atoms with Gasteiger partial charge in [0.15, 0.2) is 0 Å². The van der Waals surface area contributed by atoms with E-state index < -0.39 is 0 Å². The maximum absolute atomic E-state index is 5.99. The zero-order valence-electron chi connectivity index (χ0n) is 12.3. The van der Waals surface area contributed by atoms with E-state index in [4.69, 9.17) is 10.5 Å². The van der Waals surface area contributed by atoms with E-state index in [0.29, 0.717) is 12.1 Å². The minimum absolute atomic E-state index is 0.203. The quantitative estimate of drug-likeness (QED) is 0.905. The van der Waals surface area contributed by atoms with Crippen molar-refractivity contribution in [3.05, 3.63) is 24.3 Å². The molecule has 106 valence electrons. The summed E-state index contributed by atoms with van der Waals surface area (Å²) >= 11 is 0. The first-order valence-corrected chi connectivity index (χ1v) is 7.32. The lowest BCUT2D eigenvalue weighted by Crippen LogP contribution is -2.39. The Hall–Kier alpha value is -1.22. The predicted octanol–water partition coefficient (Wildman–Crippen LogP) is 3.18. The fourth-order valence-corrected chi connectivity index (χ4v) is 2.79. The molecule has 0 radical (unpaired) electrons. The molecule has 0 heterocycles. The van der Waals surface area contributed by atoms with Gasteiger partial charge in [0.05, 0.1) is 11.8 Å². The molecule has 0 saturated heterocycles. The van der Waals surface area contributed by atoms with E-state index in [1.54, 1.807) is 0 Å². The molecule has 1 aliphatic carbocycles. The average molecular weight is 262 g/mol. The molecule has 1 fully saturated rings. The van der Waals surface area contributed by atoms with E-state index in [-0.39, 0.29) is 6.10 Å². The molecule has 3 heteroatoms. The van der Waals surface area contributed by atoms with E-state index in [2.05, 4.69) is 44.0 Å². The number of para-hydroxylation sites is 2. The van der Waals surface area contributed by atoms with Crippen molar-refractivity contribution in [3.8, 4) is 5.75 Å². The largest absolute Gasteiger partial charge is 0.489 e. The van der Waals surface area contributed by atoms with Gasteiger partial charge in [-0.15, -0.1) is 0 Å². The summed E-state index contributed by atoms with van der Waals surface area (Å²) < 4.78 is 5.91. The fraction of sp³-hybridized carbons (Fsp3) is 0.625. The number of anilines is 1. The van der Waals surface area contributed by atoms with Gasteiger partial charge >= 0.3 is 0 Å². The standard InChI is InChI=1S/C16H26N2O/c1-12(2)19-16-7-5-4-6-15(16)18(3)14-10-8-13(17)9-11-14/h4-7,12-14H,8-11,17H2,1-3H3. The zero-order valence-corrected chi connectivity index (χ0v) is 12.3. The van der Waals surface area contributed by atoms with Crippen molar-refractivity contribution in [2.24, 2.45) is 5.73 Å². The Bertz CT molecular complexity index is 397. The van der Waals surface area contributed by atoms with Gasteiger partial charge in [-0.1, -0.05) is 12.1 Å². The van der Waals surface area contributed by atoms with E-state index in [1.165, 1.54) is 18.5 Å². The molecular formula is C16H26N2O. The van der Waals surface area contributed by atoms with Gasteiger partial charge in [-0.25, -0.2) is 0 Å². The van der Waals surface area contributed by atoms with Crippen LogP contribution in [0.15, 0.2) is 24.3 Å². The van der Waals surface area contributed by atoms with Crippen LogP contribution in [0.5, 0.6) is 5.75 Å². The average Bonchev–Trinajstić information content (AvgIpc) is 2.39. The van der Waals surface area contributed by atoms with Crippen LogP contribution in [-0.2, 0) is 0 Å². The van der Waals surface area contributed by atoms with Gasteiger partial charge in [0.2, 0.25) is 0 Å². The lowest BCUT2D eigenvalue weighted by Gasteiger charge is -2.35. The summed E-state index contributed by atoms with van der Waals surface area (Å²) in [5.74, 6) is 0.981. The first-order chi connectivity index (χ1) is 9.08. The third-order valence-corrected chi connectivity index (χ3v) is 3.90. The maximum atomic E-state index is 5.99. The third kappa shape index (κ3) is 3.63. The molecule has 0 unspecified atom stereocenters. The molecule has 0 amide bonds. The second-order valence-corrected chi connectivity index (χ2v) is 5.81. The third-order valence-electron chi connectivity index (χ3n) is 3.90. The number of hydrogen-bond donors (Lipinski definition) is 1. The van der Waals surface area contributed by atoms with Gasteiger partial charge in [-0.2, -0.15) is 0 Å². The summed E-state index contributed by atoms with van der Waals surface area (Å²) in [5, 5.41) is 0. The number of nitrogens with two attached hydrogens (primary N) is 1. The number of nitrogens with zero attached hydrogens (tertiary/aromatic N) is 1. The second kappa shape index (κ2) is 6.29. The van der Waals surface area contributed by atoms with E-state index in [1.807, 2.05) is 6.07 Å². The van der Waals surface area contributed by atoms with Crippen molar-refractivity contribution in [2.45, 2.75) is 57.7 Å². The molecule has 19 heavy (non-hydrogen) atoms. The molecule has 1 aromatic carbocycles. The Morgan fingerprint density at radius 1 is 1.16 bits per heavy atom. The molecule has 1 saturated carbocycles. The molecule has 2 N–H and O–H groups in total. The minimum Gasteiger partial charge on any atom is -0.489 e. The number of ether oxygens (including phenoxy) is 1. The lowest BCUT2D eigenvalue weighted by molar-refractivity contribution is 0.242. The van der Waals surface area contributed by atoms with Crippen LogP contribution in [0, 0.1) is 0 Å². The maximum Gasteiger partial charge on any atom is 0.142 e. The van der Waals surface area contributed by atoms with E-state index >= 15 is 0 Å². The van der Waals surface area contributed by atoms with Crippen LogP contribution >= 0.6 is 0 Å². The summed E-state index contributed by atoms with van der Waals surface area (Å²) in [6.07, 6.45) is 4.81. The van der Waals surface area contributed by atoms with Crippen molar-refractivity contribution in [2.75, 3.05) is 11.9 Å². The van der Waals surface area contributed by atoms with Crippen LogP contribution in [0.3, 0.4) is 0 Å². The summed E-state index contributed by atoms with van der Waals surface area (Å²) in [6.45, 7) is 4.13. The molecule has 0 atom stereocenters. The van der Waals surface area contributed by atoms with Crippen LogP contribution < -0.4 is 15.4 Å². The molecule has 0 bridgehead atoms. The highest BCUT2D eigenvalue weighted by molar-refractivity contribution is 5.58. The summed E-state index contributed by atoms with van der Waals surface area (Å²) in [6, 6.07) is 9.29. The number of rotatable bonds is 4. The van der Waals surface area contributed by atoms with Gasteiger partial charge in [0.25, 0.3) is 0 Å². The van der Waals surface area contributed by atoms with Crippen molar-refractivity contribution < 1.29 is 4.74 Å². The Kier molecular flexibility index (Phi) is 4.70. The minimum atomic E-state index is 0.203. The summed E-state index contributed by atoms with van der Waals surface area (Å²) in [4.78, 5) is 2.36. The molecular weight excluding hydrogens is 236 g/mol. The zero-order chi connectivity index (χ0) is 13.8. The first kappa shape index (κ1) is 14.2. The SMILES string of the molecule is CC(C)Oc1ccccc1N(C)C1CCC(N)CC1. The fourth-order valence-electron chi connectivity index (χ4n) is 2.79. The molecule has 0 aromatic heterocycles. The molecule has 3 nitrogen and oxygen atoms in total. The Balaban J connectivity index is 2.11. The molecule has 0 aliphatic heterocycles. The first-order valence-electron chi connectivity index (χ1n) is 7.32. The van der Waals surface area contributed by atoms with Crippen molar-refractivity contribution in [1.29, 1.82) is 0 Å². The highest BCUT2D eigenvalue weighted by Crippen LogP contribution is 2.32. The Morgan fingerprint density at radius 3 is 2.42 bits per heavy atom. The van der Waals surface area contributed by atoms with Gasteiger partial charge in [-0.05, 0) is 51.7 Å². The van der Waals surface area contributed by atoms with Gasteiger partial charge in [0.1, 0.15) is 5.75 Å². The van der Waals surface area contributed by atoms with Crippen molar-refractivity contribution >= 4 is 5.69 Å². The summed E-state index contributed by atoms with van der Waals surface area (Å²) in [5.41, 5.74) is 7.18.